The van der Waals surface area contributed by atoms with Crippen molar-refractivity contribution >= 4 is 5.91 Å². The minimum absolute atomic E-state index is 0.0925. The Balaban J connectivity index is 1.44. The van der Waals surface area contributed by atoms with Gasteiger partial charge in [0, 0.05) is 32.8 Å². The van der Waals surface area contributed by atoms with Crippen molar-refractivity contribution in [1.29, 1.82) is 0 Å². The van der Waals surface area contributed by atoms with Gasteiger partial charge in [-0.2, -0.15) is 0 Å². The van der Waals surface area contributed by atoms with Crippen molar-refractivity contribution in [2.24, 2.45) is 5.92 Å². The van der Waals surface area contributed by atoms with Crippen molar-refractivity contribution in [3.63, 3.8) is 0 Å². The maximum Gasteiger partial charge on any atom is 0.263 e. The molecule has 5 heteroatoms. The van der Waals surface area contributed by atoms with E-state index in [1.807, 2.05) is 42.2 Å². The van der Waals surface area contributed by atoms with Crippen LogP contribution >= 0.6 is 0 Å². The molecule has 5 nitrogen and oxygen atoms in total. The average Bonchev–Trinajstić information content (AvgIpc) is 3.04. The molecule has 3 rings (SSSR count). The van der Waals surface area contributed by atoms with Crippen molar-refractivity contribution in [1.82, 2.24) is 9.80 Å². The van der Waals surface area contributed by atoms with E-state index in [9.17, 15) is 4.79 Å². The van der Waals surface area contributed by atoms with Crippen LogP contribution in [0.2, 0.25) is 0 Å². The Morgan fingerprint density at radius 1 is 1.24 bits per heavy atom. The molecule has 0 aliphatic carbocycles. The zero-order valence-corrected chi connectivity index (χ0v) is 15.2. The fraction of sp³-hybridized carbons (Fsp3) is 0.650. The molecule has 0 radical (unpaired) electrons. The standard InChI is InChI=1S/C20H30N2O3/c1-17(25-19-6-3-2-4-7-19)20(23)22-11-5-10-21(13-14-22)12-8-18-9-15-24-16-18/h2-4,6-7,17-18H,5,8-16H2,1H3. The highest BCUT2D eigenvalue weighted by atomic mass is 16.5. The predicted octanol–water partition coefficient (Wildman–Crippen LogP) is 2.41. The van der Waals surface area contributed by atoms with Crippen molar-refractivity contribution in [3.8, 4) is 5.75 Å². The summed E-state index contributed by atoms with van der Waals surface area (Å²) in [6, 6.07) is 9.57. The second kappa shape index (κ2) is 9.20. The molecule has 2 unspecified atom stereocenters. The molecular weight excluding hydrogens is 316 g/mol. The van der Waals surface area contributed by atoms with Crippen molar-refractivity contribution in [2.45, 2.75) is 32.3 Å². The number of hydrogen-bond donors (Lipinski definition) is 0. The highest BCUT2D eigenvalue weighted by Crippen LogP contribution is 2.18. The molecule has 0 spiro atoms. The van der Waals surface area contributed by atoms with E-state index in [0.717, 1.165) is 64.0 Å². The maximum absolute atomic E-state index is 12.7. The molecule has 2 aliphatic heterocycles. The highest BCUT2D eigenvalue weighted by Gasteiger charge is 2.25. The van der Waals surface area contributed by atoms with Crippen LogP contribution in [0, 0.1) is 5.92 Å². The van der Waals surface area contributed by atoms with E-state index in [0.29, 0.717) is 0 Å². The normalized spacial score (nSPS) is 23.2. The lowest BCUT2D eigenvalue weighted by Gasteiger charge is -2.25. The number of ether oxygens (including phenoxy) is 2. The largest absolute Gasteiger partial charge is 0.481 e. The first-order valence-corrected chi connectivity index (χ1v) is 9.53. The molecule has 1 aromatic rings. The third-order valence-electron chi connectivity index (χ3n) is 5.18. The topological polar surface area (TPSA) is 42.0 Å². The summed E-state index contributed by atoms with van der Waals surface area (Å²) in [5.74, 6) is 1.56. The van der Waals surface area contributed by atoms with Gasteiger partial charge in [0.1, 0.15) is 5.75 Å². The Morgan fingerprint density at radius 3 is 2.84 bits per heavy atom. The minimum atomic E-state index is -0.440. The SMILES string of the molecule is CC(Oc1ccccc1)C(=O)N1CCCN(CCC2CCOC2)CC1. The summed E-state index contributed by atoms with van der Waals surface area (Å²) in [7, 11) is 0. The smallest absolute Gasteiger partial charge is 0.263 e. The van der Waals surface area contributed by atoms with Gasteiger partial charge >= 0.3 is 0 Å². The fourth-order valence-corrected chi connectivity index (χ4v) is 3.60. The summed E-state index contributed by atoms with van der Waals surface area (Å²) in [4.78, 5) is 17.2. The van der Waals surface area contributed by atoms with E-state index in [1.165, 1.54) is 12.8 Å². The number of hydrogen-bond acceptors (Lipinski definition) is 4. The number of nitrogens with zero attached hydrogens (tertiary/aromatic N) is 2. The van der Waals surface area contributed by atoms with Gasteiger partial charge in [-0.25, -0.2) is 0 Å². The van der Waals surface area contributed by atoms with Crippen molar-refractivity contribution < 1.29 is 14.3 Å². The number of benzene rings is 1. The third-order valence-corrected chi connectivity index (χ3v) is 5.18. The van der Waals surface area contributed by atoms with E-state index in [2.05, 4.69) is 4.90 Å². The van der Waals surface area contributed by atoms with Crippen LogP contribution in [-0.2, 0) is 9.53 Å². The van der Waals surface area contributed by atoms with Crippen molar-refractivity contribution in [2.75, 3.05) is 45.9 Å². The first kappa shape index (κ1) is 18.2. The molecule has 2 heterocycles. The number of amides is 1. The zero-order chi connectivity index (χ0) is 17.5. The first-order valence-electron chi connectivity index (χ1n) is 9.53. The first-order chi connectivity index (χ1) is 12.2. The third kappa shape index (κ3) is 5.44. The summed E-state index contributed by atoms with van der Waals surface area (Å²) in [6.07, 6.45) is 3.00. The second-order valence-corrected chi connectivity index (χ2v) is 7.11. The summed E-state index contributed by atoms with van der Waals surface area (Å²) in [5.41, 5.74) is 0. The summed E-state index contributed by atoms with van der Waals surface area (Å²) in [5, 5.41) is 0. The Kier molecular flexibility index (Phi) is 6.70. The van der Waals surface area contributed by atoms with Gasteiger partial charge in [-0.3, -0.25) is 4.79 Å². The van der Waals surface area contributed by atoms with Crippen LogP contribution in [0.3, 0.4) is 0 Å². The van der Waals surface area contributed by atoms with Gasteiger partial charge in [-0.05, 0) is 57.3 Å². The number of rotatable bonds is 6. The van der Waals surface area contributed by atoms with E-state index in [4.69, 9.17) is 9.47 Å². The monoisotopic (exact) mass is 346 g/mol. The number of para-hydroxylation sites is 1. The predicted molar refractivity (Wildman–Crippen MR) is 97.7 cm³/mol. The van der Waals surface area contributed by atoms with Crippen LogP contribution in [0.25, 0.3) is 0 Å². The lowest BCUT2D eigenvalue weighted by atomic mass is 10.1. The van der Waals surface area contributed by atoms with Gasteiger partial charge in [0.25, 0.3) is 5.91 Å². The molecule has 1 amide bonds. The van der Waals surface area contributed by atoms with Gasteiger partial charge < -0.3 is 19.3 Å². The molecule has 0 N–H and O–H groups in total. The molecular formula is C20H30N2O3. The highest BCUT2D eigenvalue weighted by molar-refractivity contribution is 5.81. The lowest BCUT2D eigenvalue weighted by Crippen LogP contribution is -2.42. The summed E-state index contributed by atoms with van der Waals surface area (Å²) in [6.45, 7) is 8.46. The van der Waals surface area contributed by atoms with Crippen molar-refractivity contribution in [3.05, 3.63) is 30.3 Å². The molecule has 2 saturated heterocycles. The van der Waals surface area contributed by atoms with E-state index in [-0.39, 0.29) is 5.91 Å². The van der Waals surface area contributed by atoms with Crippen LogP contribution in [0.5, 0.6) is 5.75 Å². The van der Waals surface area contributed by atoms with Gasteiger partial charge in [0.15, 0.2) is 6.10 Å². The van der Waals surface area contributed by atoms with Crippen LogP contribution in [0.1, 0.15) is 26.2 Å². The Hall–Kier alpha value is -1.59. The van der Waals surface area contributed by atoms with E-state index < -0.39 is 6.10 Å². The van der Waals surface area contributed by atoms with Crippen LogP contribution in [0.15, 0.2) is 30.3 Å². The van der Waals surface area contributed by atoms with Gasteiger partial charge in [0.2, 0.25) is 0 Å². The molecule has 2 atom stereocenters. The van der Waals surface area contributed by atoms with Crippen LogP contribution in [-0.4, -0.2) is 67.7 Å². The van der Waals surface area contributed by atoms with Crippen LogP contribution < -0.4 is 4.74 Å². The molecule has 25 heavy (non-hydrogen) atoms. The Morgan fingerprint density at radius 2 is 2.08 bits per heavy atom. The summed E-state index contributed by atoms with van der Waals surface area (Å²) >= 11 is 0. The molecule has 0 bridgehead atoms. The number of carbonyl (C=O) groups excluding carboxylic acids is 1. The molecule has 1 aromatic carbocycles. The van der Waals surface area contributed by atoms with Gasteiger partial charge in [0.05, 0.1) is 0 Å². The van der Waals surface area contributed by atoms with Crippen LogP contribution in [0.4, 0.5) is 0 Å². The second-order valence-electron chi connectivity index (χ2n) is 7.11. The molecule has 138 valence electrons. The Labute approximate surface area is 150 Å². The molecule has 2 aliphatic rings. The minimum Gasteiger partial charge on any atom is -0.481 e. The average molecular weight is 346 g/mol. The van der Waals surface area contributed by atoms with Gasteiger partial charge in [-0.1, -0.05) is 18.2 Å². The zero-order valence-electron chi connectivity index (χ0n) is 15.2. The number of carbonyl (C=O) groups is 1. The molecule has 0 saturated carbocycles. The summed E-state index contributed by atoms with van der Waals surface area (Å²) < 4.78 is 11.3. The van der Waals surface area contributed by atoms with E-state index >= 15 is 0 Å². The Bertz CT molecular complexity index is 531. The lowest BCUT2D eigenvalue weighted by molar-refractivity contribution is -0.137. The van der Waals surface area contributed by atoms with E-state index in [1.54, 1.807) is 0 Å². The fourth-order valence-electron chi connectivity index (χ4n) is 3.60. The quantitative estimate of drug-likeness (QED) is 0.793. The molecule has 0 aromatic heterocycles. The maximum atomic E-state index is 12.7. The van der Waals surface area contributed by atoms with Gasteiger partial charge in [-0.15, -0.1) is 0 Å². The molecule has 2 fully saturated rings.